The number of fused-ring (bicyclic) bond motifs is 2. The number of aromatic nitrogens is 4. The maximum Gasteiger partial charge on any atom is 0.279 e. The molecule has 1 fully saturated rings. The van der Waals surface area contributed by atoms with E-state index in [0.717, 1.165) is 62.4 Å². The second-order valence-electron chi connectivity index (χ2n) is 8.04. The van der Waals surface area contributed by atoms with Gasteiger partial charge in [-0.05, 0) is 49.8 Å². The van der Waals surface area contributed by atoms with Gasteiger partial charge in [0.2, 0.25) is 0 Å². The molecule has 2 aliphatic rings. The first kappa shape index (κ1) is 18.7. The molecule has 2 aliphatic heterocycles. The second kappa shape index (κ2) is 7.51. The smallest absolute Gasteiger partial charge is 0.279 e. The van der Waals surface area contributed by atoms with Gasteiger partial charge in [-0.2, -0.15) is 0 Å². The van der Waals surface area contributed by atoms with Crippen molar-refractivity contribution in [2.75, 3.05) is 24.5 Å². The van der Waals surface area contributed by atoms with Gasteiger partial charge in [0, 0.05) is 32.9 Å². The van der Waals surface area contributed by atoms with E-state index < -0.39 is 0 Å². The molecule has 154 valence electrons. The van der Waals surface area contributed by atoms with Crippen LogP contribution >= 0.6 is 0 Å². The Morgan fingerprint density at radius 1 is 0.967 bits per heavy atom. The largest absolute Gasteiger partial charge is 0.339 e. The first-order valence-corrected chi connectivity index (χ1v) is 10.5. The van der Waals surface area contributed by atoms with E-state index in [2.05, 4.69) is 19.9 Å². The first-order valence-electron chi connectivity index (χ1n) is 10.5. The molecule has 1 amide bonds. The van der Waals surface area contributed by atoms with Gasteiger partial charge in [-0.25, -0.2) is 15.0 Å². The Morgan fingerprint density at radius 2 is 1.80 bits per heavy atom. The maximum absolute atomic E-state index is 12.9. The van der Waals surface area contributed by atoms with Crippen molar-refractivity contribution in [1.82, 2.24) is 24.4 Å². The minimum absolute atomic E-state index is 0.0783. The van der Waals surface area contributed by atoms with Crippen LogP contribution in [0.1, 0.15) is 41.6 Å². The van der Waals surface area contributed by atoms with Crippen LogP contribution in [0.2, 0.25) is 0 Å². The van der Waals surface area contributed by atoms with Gasteiger partial charge in [-0.3, -0.25) is 9.59 Å². The number of hydrogen-bond acceptors (Lipinski definition) is 6. The minimum atomic E-state index is -0.162. The quantitative estimate of drug-likeness (QED) is 0.652. The Morgan fingerprint density at radius 3 is 2.63 bits per heavy atom. The van der Waals surface area contributed by atoms with E-state index in [-0.39, 0.29) is 11.5 Å². The summed E-state index contributed by atoms with van der Waals surface area (Å²) in [5, 5.41) is 0. The fraction of sp³-hybridized carbons (Fsp3) is 0.409. The minimum Gasteiger partial charge on any atom is -0.339 e. The molecule has 0 bridgehead atoms. The topological polar surface area (TPSA) is 84.2 Å². The lowest BCUT2D eigenvalue weighted by molar-refractivity contribution is 0.0724. The zero-order valence-corrected chi connectivity index (χ0v) is 17.0. The van der Waals surface area contributed by atoms with Gasteiger partial charge in [0.1, 0.15) is 5.82 Å². The van der Waals surface area contributed by atoms with Crippen molar-refractivity contribution in [2.45, 2.75) is 32.1 Å². The van der Waals surface area contributed by atoms with Gasteiger partial charge in [0.05, 0.1) is 29.3 Å². The van der Waals surface area contributed by atoms with E-state index in [1.807, 2.05) is 17.0 Å². The highest BCUT2D eigenvalue weighted by Crippen LogP contribution is 2.32. The summed E-state index contributed by atoms with van der Waals surface area (Å²) in [5.41, 5.74) is 3.35. The van der Waals surface area contributed by atoms with Gasteiger partial charge < -0.3 is 14.4 Å². The summed E-state index contributed by atoms with van der Waals surface area (Å²) in [4.78, 5) is 42.5. The van der Waals surface area contributed by atoms with Crippen LogP contribution in [-0.4, -0.2) is 50.0 Å². The van der Waals surface area contributed by atoms with Crippen LogP contribution in [0, 0.1) is 0 Å². The van der Waals surface area contributed by atoms with E-state index in [9.17, 15) is 9.59 Å². The summed E-state index contributed by atoms with van der Waals surface area (Å²) in [7, 11) is 1.66. The molecule has 5 heterocycles. The third kappa shape index (κ3) is 3.22. The number of hydrogen-bond donors (Lipinski definition) is 0. The summed E-state index contributed by atoms with van der Waals surface area (Å²) in [6.07, 6.45) is 10.1. The monoisotopic (exact) mass is 404 g/mol. The van der Waals surface area contributed by atoms with Gasteiger partial charge in [-0.1, -0.05) is 0 Å². The van der Waals surface area contributed by atoms with Gasteiger partial charge in [0.15, 0.2) is 5.52 Å². The maximum atomic E-state index is 12.9. The highest BCUT2D eigenvalue weighted by atomic mass is 16.2. The molecule has 8 heteroatoms. The fourth-order valence-electron chi connectivity index (χ4n) is 4.33. The van der Waals surface area contributed by atoms with E-state index in [0.29, 0.717) is 16.6 Å². The van der Waals surface area contributed by atoms with E-state index in [4.69, 9.17) is 0 Å². The first-order chi connectivity index (χ1) is 14.6. The molecule has 0 aliphatic carbocycles. The van der Waals surface area contributed by atoms with E-state index in [1.54, 1.807) is 19.4 Å². The van der Waals surface area contributed by atoms with Gasteiger partial charge in [-0.15, -0.1) is 0 Å². The number of piperidine rings is 1. The van der Waals surface area contributed by atoms with Crippen LogP contribution in [0.5, 0.6) is 0 Å². The van der Waals surface area contributed by atoms with Crippen LogP contribution in [0.4, 0.5) is 11.5 Å². The average Bonchev–Trinajstić information content (AvgIpc) is 2.80. The fourth-order valence-corrected chi connectivity index (χ4v) is 4.33. The molecule has 0 unspecified atom stereocenters. The number of rotatable bonds is 2. The normalized spacial score (nSPS) is 16.6. The van der Waals surface area contributed by atoms with Gasteiger partial charge >= 0.3 is 0 Å². The zero-order valence-electron chi connectivity index (χ0n) is 17.0. The lowest BCUT2D eigenvalue weighted by atomic mass is 10.0. The standard InChI is InChI=1S/C22H24N6O2/c1-26-14-25-18-11-17(13-23-19(18)22(26)30)28-9-5-6-15-10-16(12-24-20(15)28)21(29)27-7-3-2-4-8-27/h10-14H,2-9H2,1H3. The third-order valence-electron chi connectivity index (χ3n) is 5.97. The van der Waals surface area contributed by atoms with Crippen molar-refractivity contribution >= 4 is 28.4 Å². The SMILES string of the molecule is Cn1cnc2cc(N3CCCc4cc(C(=O)N5CCCCC5)cnc43)cnc2c1=O. The number of likely N-dealkylation sites (tertiary alicyclic amines) is 1. The second-order valence-corrected chi connectivity index (χ2v) is 8.04. The summed E-state index contributed by atoms with van der Waals surface area (Å²) in [6.45, 7) is 2.46. The molecule has 0 saturated carbocycles. The molecule has 0 aromatic carbocycles. The van der Waals surface area contributed by atoms with Crippen molar-refractivity contribution in [2.24, 2.45) is 7.05 Å². The molecule has 0 spiro atoms. The molecule has 5 rings (SSSR count). The number of carbonyl (C=O) groups is 1. The molecular formula is C22H24N6O2. The Hall–Kier alpha value is -3.29. The Labute approximate surface area is 174 Å². The van der Waals surface area contributed by atoms with Crippen molar-refractivity contribution in [3.05, 3.63) is 52.3 Å². The summed E-state index contributed by atoms with van der Waals surface area (Å²) >= 11 is 0. The van der Waals surface area contributed by atoms with E-state index in [1.165, 1.54) is 17.3 Å². The van der Waals surface area contributed by atoms with Crippen LogP contribution in [0.3, 0.4) is 0 Å². The highest BCUT2D eigenvalue weighted by Gasteiger charge is 2.24. The third-order valence-corrected chi connectivity index (χ3v) is 5.97. The Bertz CT molecular complexity index is 1180. The van der Waals surface area contributed by atoms with Crippen molar-refractivity contribution in [3.8, 4) is 0 Å². The number of nitrogens with zero attached hydrogens (tertiary/aromatic N) is 6. The summed E-state index contributed by atoms with van der Waals surface area (Å²) < 4.78 is 1.42. The molecule has 0 atom stereocenters. The average molecular weight is 404 g/mol. The molecule has 1 saturated heterocycles. The Balaban J connectivity index is 1.48. The Kier molecular flexibility index (Phi) is 4.69. The molecule has 30 heavy (non-hydrogen) atoms. The van der Waals surface area contributed by atoms with E-state index >= 15 is 0 Å². The molecule has 0 N–H and O–H groups in total. The van der Waals surface area contributed by atoms with Crippen LogP contribution in [0.15, 0.2) is 35.6 Å². The van der Waals surface area contributed by atoms with Crippen molar-refractivity contribution < 1.29 is 4.79 Å². The lowest BCUT2D eigenvalue weighted by Gasteiger charge is -2.31. The predicted octanol–water partition coefficient (Wildman–Crippen LogP) is 2.43. The van der Waals surface area contributed by atoms with Crippen LogP contribution < -0.4 is 10.5 Å². The number of amides is 1. The number of aryl methyl sites for hydroxylation is 2. The van der Waals surface area contributed by atoms with Gasteiger partial charge in [0.25, 0.3) is 11.5 Å². The van der Waals surface area contributed by atoms with Crippen molar-refractivity contribution in [3.63, 3.8) is 0 Å². The molecule has 0 radical (unpaired) electrons. The number of pyridine rings is 2. The molecule has 3 aromatic rings. The molecule has 3 aromatic heterocycles. The highest BCUT2D eigenvalue weighted by molar-refractivity contribution is 5.94. The molecular weight excluding hydrogens is 380 g/mol. The van der Waals surface area contributed by atoms with Crippen molar-refractivity contribution in [1.29, 1.82) is 0 Å². The lowest BCUT2D eigenvalue weighted by Crippen LogP contribution is -2.36. The summed E-state index contributed by atoms with van der Waals surface area (Å²) in [5.74, 6) is 0.927. The predicted molar refractivity (Wildman–Crippen MR) is 114 cm³/mol. The van der Waals surface area contributed by atoms with Crippen LogP contribution in [0.25, 0.3) is 11.0 Å². The zero-order chi connectivity index (χ0) is 20.7. The van der Waals surface area contributed by atoms with Crippen LogP contribution in [-0.2, 0) is 13.5 Å². The number of anilines is 2. The number of carbonyl (C=O) groups excluding carboxylic acids is 1. The molecule has 8 nitrogen and oxygen atoms in total. The summed E-state index contributed by atoms with van der Waals surface area (Å²) in [6, 6.07) is 3.88.